The van der Waals surface area contributed by atoms with Gasteiger partial charge in [0.2, 0.25) is 0 Å². The van der Waals surface area contributed by atoms with Gasteiger partial charge in [0.25, 0.3) is 0 Å². The van der Waals surface area contributed by atoms with Crippen LogP contribution in [0.1, 0.15) is 39.4 Å². The van der Waals surface area contributed by atoms with E-state index in [9.17, 15) is 0 Å². The predicted molar refractivity (Wildman–Crippen MR) is 101 cm³/mol. The van der Waals surface area contributed by atoms with Gasteiger partial charge >= 0.3 is 0 Å². The zero-order valence-corrected chi connectivity index (χ0v) is 15.5. The molecule has 122 valence electrons. The molecule has 0 fully saturated rings. The topological polar surface area (TPSA) is 56.7 Å². The van der Waals surface area contributed by atoms with E-state index < -0.39 is 0 Å². The molecule has 4 nitrogen and oxygen atoms in total. The van der Waals surface area contributed by atoms with Crippen LogP contribution in [0.15, 0.2) is 22.7 Å². The lowest BCUT2D eigenvalue weighted by molar-refractivity contribution is 0.513. The summed E-state index contributed by atoms with van der Waals surface area (Å²) >= 11 is 3.52. The number of nitrogens with zero attached hydrogens (tertiary/aromatic N) is 3. The van der Waals surface area contributed by atoms with Crippen molar-refractivity contribution in [2.75, 3.05) is 5.73 Å². The molecule has 0 aliphatic heterocycles. The number of imidazole rings is 1. The Kier molecular flexibility index (Phi) is 4.57. The summed E-state index contributed by atoms with van der Waals surface area (Å²) in [4.78, 5) is 9.39. The maximum absolute atomic E-state index is 6.21. The van der Waals surface area contributed by atoms with Crippen molar-refractivity contribution in [1.82, 2.24) is 14.5 Å². The molecule has 0 saturated carbocycles. The zero-order valence-electron chi connectivity index (χ0n) is 13.9. The fraction of sp³-hybridized carbons (Fsp3) is 0.444. The molecule has 0 amide bonds. The van der Waals surface area contributed by atoms with E-state index in [2.05, 4.69) is 58.4 Å². The Morgan fingerprint density at radius 1 is 1.26 bits per heavy atom. The third-order valence-corrected chi connectivity index (χ3v) is 4.54. The van der Waals surface area contributed by atoms with Gasteiger partial charge in [-0.25, -0.2) is 9.97 Å². The fourth-order valence-corrected chi connectivity index (χ4v) is 3.37. The average molecular weight is 375 g/mol. The number of nitrogen functional groups attached to an aromatic ring is 1. The second kappa shape index (κ2) is 6.48. The van der Waals surface area contributed by atoms with E-state index in [1.807, 2.05) is 6.07 Å². The molecule has 2 N–H and O–H groups in total. The molecule has 0 bridgehead atoms. The van der Waals surface area contributed by atoms with Crippen LogP contribution in [-0.4, -0.2) is 14.5 Å². The molecule has 0 aliphatic carbocycles. The molecule has 0 spiro atoms. The number of pyridine rings is 1. The van der Waals surface area contributed by atoms with E-state index >= 15 is 0 Å². The number of halogens is 1. The van der Waals surface area contributed by atoms with Crippen molar-refractivity contribution >= 4 is 43.7 Å². The molecule has 0 aliphatic rings. The molecule has 0 saturated heterocycles. The number of hydrogen-bond donors (Lipinski definition) is 1. The van der Waals surface area contributed by atoms with Crippen LogP contribution < -0.4 is 5.73 Å². The lowest BCUT2D eigenvalue weighted by Gasteiger charge is -2.13. The third kappa shape index (κ3) is 3.07. The van der Waals surface area contributed by atoms with Gasteiger partial charge in [0.05, 0.1) is 11.0 Å². The van der Waals surface area contributed by atoms with Crippen LogP contribution >= 0.6 is 15.9 Å². The molecular weight excluding hydrogens is 352 g/mol. The quantitative estimate of drug-likeness (QED) is 0.688. The van der Waals surface area contributed by atoms with Crippen LogP contribution in [0.2, 0.25) is 0 Å². The maximum Gasteiger partial charge on any atom is 0.152 e. The van der Waals surface area contributed by atoms with E-state index in [-0.39, 0.29) is 0 Å². The molecule has 5 heteroatoms. The maximum atomic E-state index is 6.21. The van der Waals surface area contributed by atoms with Crippen LogP contribution in [0.4, 0.5) is 5.82 Å². The van der Waals surface area contributed by atoms with Gasteiger partial charge in [0, 0.05) is 22.8 Å². The minimum Gasteiger partial charge on any atom is -0.382 e. The Labute approximate surface area is 145 Å². The number of rotatable bonds is 5. The van der Waals surface area contributed by atoms with Crippen molar-refractivity contribution in [3.8, 4) is 0 Å². The summed E-state index contributed by atoms with van der Waals surface area (Å²) in [5, 5.41) is 1.12. The summed E-state index contributed by atoms with van der Waals surface area (Å²) < 4.78 is 3.36. The van der Waals surface area contributed by atoms with Crippen LogP contribution in [0.25, 0.3) is 21.9 Å². The van der Waals surface area contributed by atoms with Crippen molar-refractivity contribution in [3.05, 3.63) is 28.5 Å². The van der Waals surface area contributed by atoms with Crippen LogP contribution in [0.3, 0.4) is 0 Å². The van der Waals surface area contributed by atoms with Crippen molar-refractivity contribution in [3.63, 3.8) is 0 Å². The first-order valence-electron chi connectivity index (χ1n) is 8.25. The number of anilines is 1. The monoisotopic (exact) mass is 374 g/mol. The predicted octanol–water partition coefficient (Wildman–Crippen LogP) is 4.93. The normalized spacial score (nSPS) is 11.9. The lowest BCUT2D eigenvalue weighted by Crippen LogP contribution is -2.09. The average Bonchev–Trinajstić information content (AvgIpc) is 2.84. The number of benzene rings is 1. The Hall–Kier alpha value is -1.62. The van der Waals surface area contributed by atoms with Gasteiger partial charge in [-0.05, 0) is 30.5 Å². The van der Waals surface area contributed by atoms with Gasteiger partial charge < -0.3 is 10.3 Å². The molecule has 1 aromatic carbocycles. The van der Waals surface area contributed by atoms with Gasteiger partial charge in [-0.1, -0.05) is 43.1 Å². The number of unbranched alkanes of at least 4 members (excludes halogenated alkanes) is 1. The minimum atomic E-state index is 0.519. The summed E-state index contributed by atoms with van der Waals surface area (Å²) in [7, 11) is 0. The number of aromatic nitrogens is 3. The Morgan fingerprint density at radius 3 is 2.74 bits per heavy atom. The highest BCUT2D eigenvalue weighted by Gasteiger charge is 2.17. The van der Waals surface area contributed by atoms with E-state index in [4.69, 9.17) is 10.7 Å². The van der Waals surface area contributed by atoms with Crippen molar-refractivity contribution < 1.29 is 0 Å². The Bertz CT molecular complexity index is 851. The standard InChI is InChI=1S/C18H23BrN4/c1-4-5-6-15-22-16-17(23(15)10-11(2)3)13-8-7-12(19)9-14(13)21-18(16)20/h7-9,11H,4-6,10H2,1-3H3,(H2,20,21). The zero-order chi connectivity index (χ0) is 16.6. The molecule has 3 rings (SSSR count). The van der Waals surface area contributed by atoms with Crippen LogP contribution in [0.5, 0.6) is 0 Å². The van der Waals surface area contributed by atoms with Crippen LogP contribution in [0, 0.1) is 5.92 Å². The van der Waals surface area contributed by atoms with E-state index in [0.717, 1.165) is 58.0 Å². The minimum absolute atomic E-state index is 0.519. The van der Waals surface area contributed by atoms with E-state index in [1.165, 1.54) is 0 Å². The van der Waals surface area contributed by atoms with Gasteiger partial charge in [-0.2, -0.15) is 0 Å². The third-order valence-electron chi connectivity index (χ3n) is 4.05. The first kappa shape index (κ1) is 16.2. The lowest BCUT2D eigenvalue weighted by atomic mass is 10.1. The molecule has 0 radical (unpaired) electrons. The molecule has 2 aromatic heterocycles. The summed E-state index contributed by atoms with van der Waals surface area (Å²) in [5.74, 6) is 2.19. The van der Waals surface area contributed by atoms with E-state index in [0.29, 0.717) is 11.7 Å². The SMILES string of the molecule is CCCCc1nc2c(N)nc3cc(Br)ccc3c2n1CC(C)C. The number of fused-ring (bicyclic) bond motifs is 3. The van der Waals surface area contributed by atoms with Gasteiger partial charge in [0.1, 0.15) is 11.3 Å². The largest absolute Gasteiger partial charge is 0.382 e. The summed E-state index contributed by atoms with van der Waals surface area (Å²) in [6, 6.07) is 6.18. The van der Waals surface area contributed by atoms with Crippen molar-refractivity contribution in [2.24, 2.45) is 5.92 Å². The van der Waals surface area contributed by atoms with Crippen molar-refractivity contribution in [1.29, 1.82) is 0 Å². The highest BCUT2D eigenvalue weighted by atomic mass is 79.9. The fourth-order valence-electron chi connectivity index (χ4n) is 3.02. The molecule has 0 atom stereocenters. The Morgan fingerprint density at radius 2 is 2.04 bits per heavy atom. The number of hydrogen-bond acceptors (Lipinski definition) is 3. The summed E-state index contributed by atoms with van der Waals surface area (Å²) in [6.45, 7) is 7.62. The van der Waals surface area contributed by atoms with Crippen molar-refractivity contribution in [2.45, 2.75) is 46.6 Å². The molecular formula is C18H23BrN4. The highest BCUT2D eigenvalue weighted by Crippen LogP contribution is 2.31. The van der Waals surface area contributed by atoms with Gasteiger partial charge in [-0.3, -0.25) is 0 Å². The van der Waals surface area contributed by atoms with E-state index in [1.54, 1.807) is 0 Å². The number of aryl methyl sites for hydroxylation is 1. The second-order valence-corrected chi connectivity index (χ2v) is 7.41. The summed E-state index contributed by atoms with van der Waals surface area (Å²) in [5.41, 5.74) is 9.09. The molecule has 2 heterocycles. The second-order valence-electron chi connectivity index (χ2n) is 6.49. The molecule has 23 heavy (non-hydrogen) atoms. The van der Waals surface area contributed by atoms with Gasteiger partial charge in [-0.15, -0.1) is 0 Å². The summed E-state index contributed by atoms with van der Waals surface area (Å²) in [6.07, 6.45) is 3.28. The van der Waals surface area contributed by atoms with Gasteiger partial charge in [0.15, 0.2) is 5.82 Å². The van der Waals surface area contributed by atoms with Crippen LogP contribution in [-0.2, 0) is 13.0 Å². The smallest absolute Gasteiger partial charge is 0.152 e. The first-order chi connectivity index (χ1) is 11.0. The highest BCUT2D eigenvalue weighted by molar-refractivity contribution is 9.10. The first-order valence-corrected chi connectivity index (χ1v) is 9.04. The Balaban J connectivity index is 2.33. The molecule has 3 aromatic rings. The number of nitrogens with two attached hydrogens (primary N) is 1. The molecule has 0 unspecified atom stereocenters.